The van der Waals surface area contributed by atoms with Crippen LogP contribution in [0.15, 0.2) is 52.6 Å². The maximum Gasteiger partial charge on any atom is 0.494 e. The number of rotatable bonds is 4. The fourth-order valence-corrected chi connectivity index (χ4v) is 3.44. The second kappa shape index (κ2) is 7.18. The van der Waals surface area contributed by atoms with Crippen molar-refractivity contribution in [2.45, 2.75) is 51.7 Å². The number of aromatic nitrogens is 4. The molecule has 2 aliphatic rings. The van der Waals surface area contributed by atoms with Gasteiger partial charge in [0.2, 0.25) is 11.2 Å². The first-order valence-corrected chi connectivity index (χ1v) is 9.97. The van der Waals surface area contributed by atoms with Crippen LogP contribution in [0.4, 0.5) is 0 Å². The second-order valence-corrected chi connectivity index (χ2v) is 8.68. The third-order valence-corrected chi connectivity index (χ3v) is 5.93. The predicted molar refractivity (Wildman–Crippen MR) is 112 cm³/mol. The van der Waals surface area contributed by atoms with Crippen LogP contribution in [0.2, 0.25) is 0 Å². The highest BCUT2D eigenvalue weighted by molar-refractivity contribution is 6.55. The number of hydrogen-bond acceptors (Lipinski definition) is 6. The van der Waals surface area contributed by atoms with Gasteiger partial charge in [0.25, 0.3) is 0 Å². The quantitative estimate of drug-likeness (QED) is 0.571. The average molecular weight is 408 g/mol. The van der Waals surface area contributed by atoms with E-state index in [9.17, 15) is 9.59 Å². The van der Waals surface area contributed by atoms with E-state index in [1.165, 1.54) is 16.9 Å². The van der Waals surface area contributed by atoms with E-state index in [-0.39, 0.29) is 11.5 Å². The van der Waals surface area contributed by atoms with Crippen LogP contribution >= 0.6 is 0 Å². The number of carbonyl (C=O) groups excluding carboxylic acids is 1. The molecular formula is C21H25BN4O4. The fourth-order valence-electron chi connectivity index (χ4n) is 3.44. The maximum atomic E-state index is 13.2. The van der Waals surface area contributed by atoms with E-state index in [1.807, 2.05) is 33.8 Å². The first kappa shape index (κ1) is 20.5. The van der Waals surface area contributed by atoms with Crippen LogP contribution in [0.1, 0.15) is 51.0 Å². The standard InChI is InChI=1S/C21H25BN4O4/c1-20(2)21(3,4)30-22(29-20)15-8-6-7-14(11-15)19(28)18-17(27)9-10-26(24-18)16-12-23-25(5)13-16/h8-13H,6-7H2,1-5H3. The summed E-state index contributed by atoms with van der Waals surface area (Å²) in [6, 6.07) is 1.35. The lowest BCUT2D eigenvalue weighted by atomic mass is 9.73. The molecule has 0 atom stereocenters. The molecule has 4 rings (SSSR count). The molecule has 8 nitrogen and oxygen atoms in total. The molecule has 0 saturated carbocycles. The smallest absolute Gasteiger partial charge is 0.399 e. The minimum atomic E-state index is -0.547. The van der Waals surface area contributed by atoms with Gasteiger partial charge < -0.3 is 9.31 Å². The summed E-state index contributed by atoms with van der Waals surface area (Å²) < 4.78 is 15.3. The zero-order chi connectivity index (χ0) is 21.7. The summed E-state index contributed by atoms with van der Waals surface area (Å²) in [5.41, 5.74) is 0.541. The molecule has 0 spiro atoms. The summed E-state index contributed by atoms with van der Waals surface area (Å²) >= 11 is 0. The van der Waals surface area contributed by atoms with Crippen LogP contribution < -0.4 is 5.43 Å². The number of aryl methyl sites for hydroxylation is 1. The van der Waals surface area contributed by atoms with E-state index >= 15 is 0 Å². The van der Waals surface area contributed by atoms with Gasteiger partial charge in [0.05, 0.1) is 23.6 Å². The first-order valence-electron chi connectivity index (χ1n) is 9.97. The Labute approximate surface area is 175 Å². The summed E-state index contributed by atoms with van der Waals surface area (Å²) in [5, 5.41) is 8.38. The van der Waals surface area contributed by atoms with E-state index in [0.29, 0.717) is 24.1 Å². The molecule has 0 bridgehead atoms. The van der Waals surface area contributed by atoms with Crippen molar-refractivity contribution in [3.63, 3.8) is 0 Å². The van der Waals surface area contributed by atoms with Gasteiger partial charge in [-0.3, -0.25) is 14.3 Å². The van der Waals surface area contributed by atoms with Crippen LogP contribution in [0, 0.1) is 0 Å². The van der Waals surface area contributed by atoms with Gasteiger partial charge in [-0.2, -0.15) is 10.2 Å². The molecule has 1 saturated heterocycles. The Morgan fingerprint density at radius 1 is 1.20 bits per heavy atom. The SMILES string of the molecule is Cn1cc(-n2ccc(=O)c(C(=O)C3=CC(B4OC(C)(C)C(C)(C)O4)=CCC3)n2)cn1. The molecule has 3 heterocycles. The normalized spacial score (nSPS) is 20.1. The first-order chi connectivity index (χ1) is 14.1. The number of nitrogens with zero attached hydrogens (tertiary/aromatic N) is 4. The molecule has 1 aliphatic carbocycles. The third kappa shape index (κ3) is 3.59. The lowest BCUT2D eigenvalue weighted by Gasteiger charge is -2.32. The average Bonchev–Trinajstić information content (AvgIpc) is 3.22. The Hall–Kier alpha value is -2.78. The third-order valence-electron chi connectivity index (χ3n) is 5.93. The molecule has 0 radical (unpaired) electrons. The number of ketones is 1. The summed E-state index contributed by atoms with van der Waals surface area (Å²) in [6.07, 6.45) is 9.89. The lowest BCUT2D eigenvalue weighted by Crippen LogP contribution is -2.41. The van der Waals surface area contributed by atoms with Crippen LogP contribution in [0.5, 0.6) is 0 Å². The molecule has 0 unspecified atom stereocenters. The van der Waals surface area contributed by atoms with Crippen LogP contribution in [-0.2, 0) is 16.4 Å². The molecule has 0 amide bonds. The van der Waals surface area contributed by atoms with Crippen LogP contribution in [0.25, 0.3) is 5.69 Å². The number of hydrogen-bond donors (Lipinski definition) is 0. The van der Waals surface area contributed by atoms with E-state index in [0.717, 1.165) is 5.47 Å². The Balaban J connectivity index is 1.63. The fraction of sp³-hybridized carbons (Fsp3) is 0.429. The molecule has 2 aromatic rings. The number of Topliss-reactive ketones (excluding diaryl/α,β-unsaturated/α-hetero) is 1. The summed E-state index contributed by atoms with van der Waals surface area (Å²) in [4.78, 5) is 25.5. The minimum Gasteiger partial charge on any atom is -0.399 e. The lowest BCUT2D eigenvalue weighted by molar-refractivity contribution is 0.00578. The van der Waals surface area contributed by atoms with Gasteiger partial charge in [-0.1, -0.05) is 12.2 Å². The molecule has 156 valence electrons. The Morgan fingerprint density at radius 3 is 2.53 bits per heavy atom. The summed E-state index contributed by atoms with van der Waals surface area (Å²) in [5.74, 6) is -0.375. The molecule has 0 aromatic carbocycles. The largest absolute Gasteiger partial charge is 0.494 e. The van der Waals surface area contributed by atoms with E-state index in [2.05, 4.69) is 10.2 Å². The molecule has 9 heteroatoms. The van der Waals surface area contributed by atoms with Gasteiger partial charge >= 0.3 is 7.12 Å². The van der Waals surface area contributed by atoms with E-state index < -0.39 is 23.7 Å². The Morgan fingerprint density at radius 2 is 1.90 bits per heavy atom. The zero-order valence-corrected chi connectivity index (χ0v) is 17.9. The molecule has 1 aliphatic heterocycles. The predicted octanol–water partition coefficient (Wildman–Crippen LogP) is 2.43. The van der Waals surface area contributed by atoms with Gasteiger partial charge in [0, 0.05) is 24.9 Å². The number of carbonyl (C=O) groups is 1. The maximum absolute atomic E-state index is 13.2. The van der Waals surface area contributed by atoms with Gasteiger partial charge in [-0.25, -0.2) is 4.68 Å². The van der Waals surface area contributed by atoms with Gasteiger partial charge in [-0.15, -0.1) is 0 Å². The molecule has 30 heavy (non-hydrogen) atoms. The van der Waals surface area contributed by atoms with Crippen molar-refractivity contribution in [1.82, 2.24) is 19.6 Å². The van der Waals surface area contributed by atoms with Crippen molar-refractivity contribution in [3.05, 3.63) is 63.8 Å². The van der Waals surface area contributed by atoms with Crippen LogP contribution in [-0.4, -0.2) is 43.7 Å². The van der Waals surface area contributed by atoms with Crippen molar-refractivity contribution < 1.29 is 14.1 Å². The van der Waals surface area contributed by atoms with Crippen molar-refractivity contribution in [2.24, 2.45) is 7.05 Å². The topological polar surface area (TPSA) is 88.2 Å². The minimum absolute atomic E-state index is 0.109. The summed E-state index contributed by atoms with van der Waals surface area (Å²) in [6.45, 7) is 7.95. The van der Waals surface area contributed by atoms with Gasteiger partial charge in [0.15, 0.2) is 5.69 Å². The van der Waals surface area contributed by atoms with E-state index in [4.69, 9.17) is 9.31 Å². The van der Waals surface area contributed by atoms with Crippen LogP contribution in [0.3, 0.4) is 0 Å². The highest BCUT2D eigenvalue weighted by Gasteiger charge is 2.52. The van der Waals surface area contributed by atoms with Crippen molar-refractivity contribution in [1.29, 1.82) is 0 Å². The highest BCUT2D eigenvalue weighted by atomic mass is 16.7. The summed E-state index contributed by atoms with van der Waals surface area (Å²) in [7, 11) is 1.24. The van der Waals surface area contributed by atoms with Gasteiger partial charge in [-0.05, 0) is 46.0 Å². The second-order valence-electron chi connectivity index (χ2n) is 8.68. The zero-order valence-electron chi connectivity index (χ0n) is 17.9. The molecule has 0 N–H and O–H groups in total. The Bertz CT molecular complexity index is 1110. The molecular weight excluding hydrogens is 383 g/mol. The highest BCUT2D eigenvalue weighted by Crippen LogP contribution is 2.39. The molecule has 1 fully saturated rings. The van der Waals surface area contributed by atoms with Crippen molar-refractivity contribution >= 4 is 12.9 Å². The Kier molecular flexibility index (Phi) is 4.90. The van der Waals surface area contributed by atoms with Crippen molar-refractivity contribution in [3.8, 4) is 5.69 Å². The molecule has 2 aromatic heterocycles. The monoisotopic (exact) mass is 408 g/mol. The van der Waals surface area contributed by atoms with Gasteiger partial charge in [0.1, 0.15) is 5.69 Å². The number of allylic oxidation sites excluding steroid dienone is 4. The van der Waals surface area contributed by atoms with E-state index in [1.54, 1.807) is 30.2 Å². The van der Waals surface area contributed by atoms with Crippen molar-refractivity contribution in [2.75, 3.05) is 0 Å².